The van der Waals surface area contributed by atoms with Gasteiger partial charge in [0.1, 0.15) is 0 Å². The Kier molecular flexibility index (Phi) is 5.25. The quantitative estimate of drug-likeness (QED) is 0.750. The van der Waals surface area contributed by atoms with Crippen LogP contribution in [-0.2, 0) is 6.42 Å². The van der Waals surface area contributed by atoms with E-state index in [4.69, 9.17) is 0 Å². The average Bonchev–Trinajstić information content (AvgIpc) is 2.46. The highest BCUT2D eigenvalue weighted by Crippen LogP contribution is 2.32. The second-order valence-corrected chi connectivity index (χ2v) is 5.72. The minimum Gasteiger partial charge on any atom is -0.306 e. The molecule has 1 saturated carbocycles. The van der Waals surface area contributed by atoms with Gasteiger partial charge in [0.25, 0.3) is 0 Å². The molecule has 2 rings (SSSR count). The van der Waals surface area contributed by atoms with Crippen molar-refractivity contribution in [3.63, 3.8) is 0 Å². The third-order valence-electron chi connectivity index (χ3n) is 4.38. The summed E-state index contributed by atoms with van der Waals surface area (Å²) in [5.74, 6) is 0.839. The molecule has 1 aromatic rings. The summed E-state index contributed by atoms with van der Waals surface area (Å²) in [5, 5.41) is 0. The van der Waals surface area contributed by atoms with Gasteiger partial charge in [-0.1, -0.05) is 50.5 Å². The van der Waals surface area contributed by atoms with E-state index < -0.39 is 0 Å². The second-order valence-electron chi connectivity index (χ2n) is 5.72. The Balaban J connectivity index is 1.88. The third kappa shape index (κ3) is 3.84. The summed E-state index contributed by atoms with van der Waals surface area (Å²) < 4.78 is 0. The smallest absolute Gasteiger partial charge is 0.00187 e. The summed E-state index contributed by atoms with van der Waals surface area (Å²) in [6, 6.07) is 9.43. The number of rotatable bonds is 5. The topological polar surface area (TPSA) is 3.24 Å². The molecule has 0 aromatic heterocycles. The van der Waals surface area contributed by atoms with E-state index in [0.717, 1.165) is 12.5 Å². The third-order valence-corrected chi connectivity index (χ3v) is 4.38. The van der Waals surface area contributed by atoms with Crippen molar-refractivity contribution in [3.05, 3.63) is 35.4 Å². The van der Waals surface area contributed by atoms with E-state index in [1.54, 1.807) is 5.56 Å². The fourth-order valence-electron chi connectivity index (χ4n) is 2.87. The molecule has 1 aliphatic carbocycles. The van der Waals surface area contributed by atoms with Crippen LogP contribution in [0.2, 0.25) is 0 Å². The van der Waals surface area contributed by atoms with Crippen molar-refractivity contribution >= 4 is 0 Å². The van der Waals surface area contributed by atoms with E-state index in [9.17, 15) is 0 Å². The van der Waals surface area contributed by atoms with Crippen LogP contribution < -0.4 is 0 Å². The van der Waals surface area contributed by atoms with E-state index in [2.05, 4.69) is 43.1 Å². The molecular weight excluding hydrogens is 218 g/mol. The maximum Gasteiger partial charge on any atom is 0.00187 e. The van der Waals surface area contributed by atoms with Crippen LogP contribution >= 0.6 is 0 Å². The lowest BCUT2D eigenvalue weighted by molar-refractivity contribution is 0.357. The maximum atomic E-state index is 2.37. The highest BCUT2D eigenvalue weighted by Gasteiger charge is 2.14. The number of nitrogens with zero attached hydrogens (tertiary/aromatic N) is 1. The van der Waals surface area contributed by atoms with Crippen molar-refractivity contribution in [1.82, 2.24) is 4.90 Å². The minimum atomic E-state index is 0.839. The molecule has 0 atom stereocenters. The monoisotopic (exact) mass is 245 g/mol. The van der Waals surface area contributed by atoms with Crippen LogP contribution in [0.4, 0.5) is 0 Å². The average molecular weight is 245 g/mol. The first kappa shape index (κ1) is 13.6. The molecule has 18 heavy (non-hydrogen) atoms. The van der Waals surface area contributed by atoms with E-state index in [-0.39, 0.29) is 0 Å². The van der Waals surface area contributed by atoms with Gasteiger partial charge < -0.3 is 4.90 Å². The SMILES string of the molecule is CCN(C)CCc1ccc(C2CCCCC2)cc1. The molecule has 0 amide bonds. The number of hydrogen-bond donors (Lipinski definition) is 0. The summed E-state index contributed by atoms with van der Waals surface area (Å²) in [6.07, 6.45) is 8.27. The van der Waals surface area contributed by atoms with Gasteiger partial charge in [0.05, 0.1) is 0 Å². The van der Waals surface area contributed by atoms with Crippen LogP contribution in [0.1, 0.15) is 56.1 Å². The van der Waals surface area contributed by atoms with Crippen LogP contribution in [0.25, 0.3) is 0 Å². The predicted octanol–water partition coefficient (Wildman–Crippen LogP) is 4.23. The summed E-state index contributed by atoms with van der Waals surface area (Å²) in [7, 11) is 2.19. The molecule has 0 spiro atoms. The molecule has 0 heterocycles. The minimum absolute atomic E-state index is 0.839. The van der Waals surface area contributed by atoms with Crippen LogP contribution in [0.3, 0.4) is 0 Å². The van der Waals surface area contributed by atoms with Crippen molar-refractivity contribution in [2.45, 2.75) is 51.4 Å². The van der Waals surface area contributed by atoms with Gasteiger partial charge in [-0.15, -0.1) is 0 Å². The molecule has 0 radical (unpaired) electrons. The standard InChI is InChI=1S/C17H27N/c1-3-18(2)14-13-15-9-11-17(12-10-15)16-7-5-4-6-8-16/h9-12,16H,3-8,13-14H2,1-2H3. The zero-order valence-electron chi connectivity index (χ0n) is 12.0. The van der Waals surface area contributed by atoms with Gasteiger partial charge in [-0.05, 0) is 49.9 Å². The molecule has 1 aliphatic rings. The molecule has 1 heteroatoms. The lowest BCUT2D eigenvalue weighted by Crippen LogP contribution is -2.20. The van der Waals surface area contributed by atoms with E-state index in [1.165, 1.54) is 50.6 Å². The lowest BCUT2D eigenvalue weighted by Gasteiger charge is -2.22. The molecule has 1 aromatic carbocycles. The molecular formula is C17H27N. The largest absolute Gasteiger partial charge is 0.306 e. The number of benzene rings is 1. The van der Waals surface area contributed by atoms with Gasteiger partial charge in [0.2, 0.25) is 0 Å². The van der Waals surface area contributed by atoms with Crippen LogP contribution in [0.5, 0.6) is 0 Å². The van der Waals surface area contributed by atoms with Gasteiger partial charge in [-0.2, -0.15) is 0 Å². The molecule has 100 valence electrons. The number of hydrogen-bond acceptors (Lipinski definition) is 1. The molecule has 0 N–H and O–H groups in total. The highest BCUT2D eigenvalue weighted by atomic mass is 15.1. The summed E-state index contributed by atoms with van der Waals surface area (Å²) >= 11 is 0. The zero-order valence-corrected chi connectivity index (χ0v) is 12.0. The van der Waals surface area contributed by atoms with Gasteiger partial charge in [-0.3, -0.25) is 0 Å². The van der Waals surface area contributed by atoms with E-state index >= 15 is 0 Å². The molecule has 0 unspecified atom stereocenters. The Hall–Kier alpha value is -0.820. The van der Waals surface area contributed by atoms with Crippen molar-refractivity contribution in [2.24, 2.45) is 0 Å². The Morgan fingerprint density at radius 2 is 1.72 bits per heavy atom. The van der Waals surface area contributed by atoms with Gasteiger partial charge in [-0.25, -0.2) is 0 Å². The molecule has 0 aliphatic heterocycles. The van der Waals surface area contributed by atoms with E-state index in [1.807, 2.05) is 0 Å². The second kappa shape index (κ2) is 6.94. The summed E-state index contributed by atoms with van der Waals surface area (Å²) in [5.41, 5.74) is 3.05. The fraction of sp³-hybridized carbons (Fsp3) is 0.647. The zero-order chi connectivity index (χ0) is 12.8. The van der Waals surface area contributed by atoms with Crippen LogP contribution in [-0.4, -0.2) is 25.0 Å². The van der Waals surface area contributed by atoms with Crippen molar-refractivity contribution in [1.29, 1.82) is 0 Å². The first-order chi connectivity index (χ1) is 8.79. The van der Waals surface area contributed by atoms with Crippen molar-refractivity contribution in [3.8, 4) is 0 Å². The first-order valence-corrected chi connectivity index (χ1v) is 7.57. The first-order valence-electron chi connectivity index (χ1n) is 7.57. The number of likely N-dealkylation sites (N-methyl/N-ethyl adjacent to an activating group) is 1. The van der Waals surface area contributed by atoms with E-state index in [0.29, 0.717) is 0 Å². The van der Waals surface area contributed by atoms with Crippen LogP contribution in [0, 0.1) is 0 Å². The molecule has 1 fully saturated rings. The Morgan fingerprint density at radius 1 is 1.06 bits per heavy atom. The van der Waals surface area contributed by atoms with Gasteiger partial charge >= 0.3 is 0 Å². The van der Waals surface area contributed by atoms with Gasteiger partial charge in [0, 0.05) is 6.54 Å². The fourth-order valence-corrected chi connectivity index (χ4v) is 2.87. The van der Waals surface area contributed by atoms with Crippen molar-refractivity contribution in [2.75, 3.05) is 20.1 Å². The normalized spacial score (nSPS) is 17.3. The summed E-state index contributed by atoms with van der Waals surface area (Å²) in [4.78, 5) is 2.37. The van der Waals surface area contributed by atoms with Crippen LogP contribution in [0.15, 0.2) is 24.3 Å². The highest BCUT2D eigenvalue weighted by molar-refractivity contribution is 5.26. The van der Waals surface area contributed by atoms with Gasteiger partial charge in [0.15, 0.2) is 0 Å². The summed E-state index contributed by atoms with van der Waals surface area (Å²) in [6.45, 7) is 4.52. The lowest BCUT2D eigenvalue weighted by atomic mass is 9.84. The molecule has 0 bridgehead atoms. The predicted molar refractivity (Wildman–Crippen MR) is 79.1 cm³/mol. The Labute approximate surface area is 112 Å². The Bertz CT molecular complexity index is 335. The molecule has 0 saturated heterocycles. The van der Waals surface area contributed by atoms with Crippen molar-refractivity contribution < 1.29 is 0 Å². The Morgan fingerprint density at radius 3 is 2.33 bits per heavy atom. The maximum absolute atomic E-state index is 2.37. The molecule has 1 nitrogen and oxygen atoms in total.